The molecule has 18 heavy (non-hydrogen) atoms. The predicted molar refractivity (Wildman–Crippen MR) is 65.1 cm³/mol. The first-order valence-electron chi connectivity index (χ1n) is 5.84. The molecule has 0 aliphatic carbocycles. The maximum Gasteiger partial charge on any atom is 0.269 e. The minimum Gasteiger partial charge on any atom is -0.364 e. The van der Waals surface area contributed by atoms with Crippen molar-refractivity contribution in [1.29, 1.82) is 0 Å². The average molecular weight is 248 g/mol. The Balaban J connectivity index is 1.77. The fraction of sp³-hybridized carbons (Fsp3) is 0.417. The Hall–Kier alpha value is -2.11. The van der Waals surface area contributed by atoms with Crippen LogP contribution in [0.2, 0.25) is 0 Å². The Morgan fingerprint density at radius 1 is 1.56 bits per heavy atom. The highest BCUT2D eigenvalue weighted by Gasteiger charge is 2.10. The minimum absolute atomic E-state index is 0.0941. The minimum atomic E-state index is -0.0941. The first-order valence-corrected chi connectivity index (χ1v) is 5.84. The van der Waals surface area contributed by atoms with E-state index in [1.54, 1.807) is 30.3 Å². The topological polar surface area (TPSA) is 73.0 Å². The third-order valence-corrected chi connectivity index (χ3v) is 2.65. The van der Waals surface area contributed by atoms with Crippen LogP contribution in [0.25, 0.3) is 0 Å². The molecule has 1 amide bonds. The van der Waals surface area contributed by atoms with Crippen LogP contribution in [0.15, 0.2) is 23.0 Å². The fourth-order valence-electron chi connectivity index (χ4n) is 1.76. The normalized spacial score (nSPS) is 10.6. The van der Waals surface area contributed by atoms with Crippen LogP contribution < -0.4 is 5.32 Å². The van der Waals surface area contributed by atoms with Gasteiger partial charge in [0.05, 0.1) is 11.9 Å². The summed E-state index contributed by atoms with van der Waals surface area (Å²) in [5.74, 6) is -0.0941. The van der Waals surface area contributed by atoms with Gasteiger partial charge >= 0.3 is 0 Å². The van der Waals surface area contributed by atoms with Gasteiger partial charge in [0, 0.05) is 19.2 Å². The molecule has 0 saturated heterocycles. The Labute approximate surface area is 105 Å². The van der Waals surface area contributed by atoms with E-state index in [-0.39, 0.29) is 5.91 Å². The summed E-state index contributed by atoms with van der Waals surface area (Å²) in [6, 6.07) is 1.77. The summed E-state index contributed by atoms with van der Waals surface area (Å²) in [6.45, 7) is 2.48. The summed E-state index contributed by atoms with van der Waals surface area (Å²) in [7, 11) is 1.76. The standard InChI is InChI=1S/C12H16N4O2/c1-9-6-11(16(2)15-9)12(17)13-5-3-4-10-7-14-18-8-10/h6-8H,3-5H2,1-2H3,(H,13,17). The molecule has 2 rings (SSSR count). The molecule has 6 heteroatoms. The van der Waals surface area contributed by atoms with E-state index in [1.807, 2.05) is 6.92 Å². The Morgan fingerprint density at radius 2 is 2.39 bits per heavy atom. The third kappa shape index (κ3) is 2.97. The summed E-state index contributed by atoms with van der Waals surface area (Å²) in [4.78, 5) is 11.8. The van der Waals surface area contributed by atoms with Gasteiger partial charge in [-0.05, 0) is 25.8 Å². The van der Waals surface area contributed by atoms with Crippen molar-refractivity contribution in [2.45, 2.75) is 19.8 Å². The summed E-state index contributed by atoms with van der Waals surface area (Å²) in [6.07, 6.45) is 5.00. The van der Waals surface area contributed by atoms with Gasteiger partial charge in [-0.1, -0.05) is 5.16 Å². The van der Waals surface area contributed by atoms with E-state index in [9.17, 15) is 4.79 Å². The van der Waals surface area contributed by atoms with Gasteiger partial charge in [-0.3, -0.25) is 9.48 Å². The van der Waals surface area contributed by atoms with Gasteiger partial charge in [-0.25, -0.2) is 0 Å². The number of hydrogen-bond donors (Lipinski definition) is 1. The van der Waals surface area contributed by atoms with Gasteiger partial charge in [-0.2, -0.15) is 5.10 Å². The number of aryl methyl sites for hydroxylation is 3. The number of nitrogens with one attached hydrogen (secondary N) is 1. The second-order valence-electron chi connectivity index (χ2n) is 4.19. The largest absolute Gasteiger partial charge is 0.364 e. The SMILES string of the molecule is Cc1cc(C(=O)NCCCc2cnoc2)n(C)n1. The van der Waals surface area contributed by atoms with Crippen LogP contribution in [0.4, 0.5) is 0 Å². The second kappa shape index (κ2) is 5.48. The average Bonchev–Trinajstić information content (AvgIpc) is 2.94. The van der Waals surface area contributed by atoms with Crippen LogP contribution >= 0.6 is 0 Å². The molecule has 96 valence electrons. The summed E-state index contributed by atoms with van der Waals surface area (Å²) >= 11 is 0. The van der Waals surface area contributed by atoms with Crippen molar-refractivity contribution in [3.05, 3.63) is 35.5 Å². The van der Waals surface area contributed by atoms with Crippen molar-refractivity contribution in [3.63, 3.8) is 0 Å². The molecule has 2 aromatic heterocycles. The van der Waals surface area contributed by atoms with Crippen molar-refractivity contribution in [2.24, 2.45) is 7.05 Å². The molecule has 0 atom stereocenters. The lowest BCUT2D eigenvalue weighted by molar-refractivity contribution is 0.0944. The lowest BCUT2D eigenvalue weighted by Crippen LogP contribution is -2.26. The fourth-order valence-corrected chi connectivity index (χ4v) is 1.76. The van der Waals surface area contributed by atoms with E-state index in [1.165, 1.54) is 0 Å². The molecule has 0 aliphatic heterocycles. The van der Waals surface area contributed by atoms with E-state index in [4.69, 9.17) is 4.52 Å². The van der Waals surface area contributed by atoms with Gasteiger partial charge in [0.25, 0.3) is 5.91 Å². The zero-order valence-electron chi connectivity index (χ0n) is 10.5. The zero-order chi connectivity index (χ0) is 13.0. The van der Waals surface area contributed by atoms with E-state index in [0.29, 0.717) is 12.2 Å². The van der Waals surface area contributed by atoms with E-state index < -0.39 is 0 Å². The van der Waals surface area contributed by atoms with Gasteiger partial charge in [-0.15, -0.1) is 0 Å². The van der Waals surface area contributed by atoms with Crippen LogP contribution in [-0.2, 0) is 13.5 Å². The number of carbonyl (C=O) groups is 1. The highest BCUT2D eigenvalue weighted by atomic mass is 16.5. The molecule has 0 fully saturated rings. The highest BCUT2D eigenvalue weighted by Crippen LogP contribution is 2.02. The van der Waals surface area contributed by atoms with Crippen LogP contribution in [0.1, 0.15) is 28.2 Å². The van der Waals surface area contributed by atoms with Gasteiger partial charge in [0.2, 0.25) is 0 Å². The summed E-state index contributed by atoms with van der Waals surface area (Å²) in [5, 5.41) is 10.6. The molecule has 2 heterocycles. The van der Waals surface area contributed by atoms with Crippen LogP contribution in [0.5, 0.6) is 0 Å². The lowest BCUT2D eigenvalue weighted by Gasteiger charge is -2.04. The summed E-state index contributed by atoms with van der Waals surface area (Å²) in [5.41, 5.74) is 2.46. The Kier molecular flexibility index (Phi) is 3.76. The Morgan fingerprint density at radius 3 is 3.00 bits per heavy atom. The molecule has 1 N–H and O–H groups in total. The number of nitrogens with zero attached hydrogens (tertiary/aromatic N) is 3. The molecular formula is C12H16N4O2. The van der Waals surface area contributed by atoms with Crippen molar-refractivity contribution < 1.29 is 9.32 Å². The number of carbonyl (C=O) groups excluding carboxylic acids is 1. The van der Waals surface area contributed by atoms with Crippen LogP contribution in [0.3, 0.4) is 0 Å². The quantitative estimate of drug-likeness (QED) is 0.803. The first-order chi connectivity index (χ1) is 8.66. The van der Waals surface area contributed by atoms with Gasteiger partial charge < -0.3 is 9.84 Å². The molecule has 0 aromatic carbocycles. The molecule has 0 bridgehead atoms. The second-order valence-corrected chi connectivity index (χ2v) is 4.19. The van der Waals surface area contributed by atoms with Crippen molar-refractivity contribution in [3.8, 4) is 0 Å². The molecular weight excluding hydrogens is 232 g/mol. The Bertz CT molecular complexity index is 516. The number of rotatable bonds is 5. The molecule has 0 aliphatic rings. The lowest BCUT2D eigenvalue weighted by atomic mass is 10.2. The van der Waals surface area contributed by atoms with E-state index >= 15 is 0 Å². The van der Waals surface area contributed by atoms with Gasteiger partial charge in [0.15, 0.2) is 0 Å². The van der Waals surface area contributed by atoms with E-state index in [2.05, 4.69) is 15.6 Å². The van der Waals surface area contributed by atoms with Crippen molar-refractivity contribution in [2.75, 3.05) is 6.54 Å². The van der Waals surface area contributed by atoms with Gasteiger partial charge in [0.1, 0.15) is 12.0 Å². The van der Waals surface area contributed by atoms with Crippen LogP contribution in [-0.4, -0.2) is 27.4 Å². The van der Waals surface area contributed by atoms with Crippen molar-refractivity contribution >= 4 is 5.91 Å². The predicted octanol–water partition coefficient (Wildman–Crippen LogP) is 1.08. The monoisotopic (exact) mass is 248 g/mol. The van der Waals surface area contributed by atoms with E-state index in [0.717, 1.165) is 24.1 Å². The first kappa shape index (κ1) is 12.3. The smallest absolute Gasteiger partial charge is 0.269 e. The molecule has 0 unspecified atom stereocenters. The summed E-state index contributed by atoms with van der Waals surface area (Å²) < 4.78 is 6.32. The molecule has 6 nitrogen and oxygen atoms in total. The maximum atomic E-state index is 11.8. The highest BCUT2D eigenvalue weighted by molar-refractivity contribution is 5.92. The molecule has 0 radical (unpaired) electrons. The van der Waals surface area contributed by atoms with Crippen LogP contribution in [0, 0.1) is 6.92 Å². The molecule has 0 saturated carbocycles. The van der Waals surface area contributed by atoms with Crippen molar-refractivity contribution in [1.82, 2.24) is 20.3 Å². The number of hydrogen-bond acceptors (Lipinski definition) is 4. The third-order valence-electron chi connectivity index (χ3n) is 2.65. The number of aromatic nitrogens is 3. The number of amides is 1. The molecule has 0 spiro atoms. The zero-order valence-corrected chi connectivity index (χ0v) is 10.5. The maximum absolute atomic E-state index is 11.8. The molecule has 2 aromatic rings.